The van der Waals surface area contributed by atoms with E-state index in [9.17, 15) is 13.2 Å². The number of anilines is 1. The molecule has 6 nitrogen and oxygen atoms in total. The van der Waals surface area contributed by atoms with E-state index in [1.807, 2.05) is 6.92 Å². The lowest BCUT2D eigenvalue weighted by molar-refractivity contribution is 0.0697. The van der Waals surface area contributed by atoms with Crippen LogP contribution in [0.3, 0.4) is 0 Å². The third kappa shape index (κ3) is 4.09. The highest BCUT2D eigenvalue weighted by molar-refractivity contribution is 7.89. The predicted octanol–water partition coefficient (Wildman–Crippen LogP) is 1.90. The molecular formula is C11H15ClN2O4S. The quantitative estimate of drug-likeness (QED) is 0.695. The second-order valence-electron chi connectivity index (χ2n) is 3.96. The lowest BCUT2D eigenvalue weighted by Crippen LogP contribution is -2.17. The second kappa shape index (κ2) is 6.23. The van der Waals surface area contributed by atoms with E-state index in [-0.39, 0.29) is 21.2 Å². The maximum absolute atomic E-state index is 11.5. The zero-order valence-corrected chi connectivity index (χ0v) is 11.9. The van der Waals surface area contributed by atoms with Crippen molar-refractivity contribution in [3.05, 3.63) is 22.7 Å². The lowest BCUT2D eigenvalue weighted by Gasteiger charge is -2.12. The minimum atomic E-state index is -4.03. The molecule has 0 radical (unpaired) electrons. The van der Waals surface area contributed by atoms with E-state index in [2.05, 4.69) is 5.32 Å². The number of unbranched alkanes of at least 4 members (excludes halogenated alkanes) is 1. The van der Waals surface area contributed by atoms with Crippen LogP contribution >= 0.6 is 11.6 Å². The third-order valence-corrected chi connectivity index (χ3v) is 3.72. The van der Waals surface area contributed by atoms with Crippen LogP contribution in [0.5, 0.6) is 0 Å². The maximum atomic E-state index is 11.5. The summed E-state index contributed by atoms with van der Waals surface area (Å²) < 4.78 is 22.9. The molecule has 0 aliphatic rings. The van der Waals surface area contributed by atoms with Crippen LogP contribution < -0.4 is 10.5 Å². The fourth-order valence-corrected chi connectivity index (χ4v) is 2.45. The van der Waals surface area contributed by atoms with E-state index in [0.717, 1.165) is 18.9 Å². The Hall–Kier alpha value is -1.31. The monoisotopic (exact) mass is 306 g/mol. The van der Waals surface area contributed by atoms with Crippen molar-refractivity contribution in [3.63, 3.8) is 0 Å². The molecule has 0 amide bonds. The minimum absolute atomic E-state index is 0.0427. The summed E-state index contributed by atoms with van der Waals surface area (Å²) >= 11 is 5.80. The topological polar surface area (TPSA) is 109 Å². The van der Waals surface area contributed by atoms with Crippen molar-refractivity contribution in [2.45, 2.75) is 24.7 Å². The Morgan fingerprint density at radius 2 is 2.11 bits per heavy atom. The second-order valence-corrected chi connectivity index (χ2v) is 5.90. The maximum Gasteiger partial charge on any atom is 0.337 e. The first-order valence-corrected chi connectivity index (χ1v) is 7.53. The number of carboxylic acid groups (broad SMARTS) is 1. The number of nitrogens with two attached hydrogens (primary N) is 1. The Labute approximate surface area is 116 Å². The summed E-state index contributed by atoms with van der Waals surface area (Å²) in [6.07, 6.45) is 1.76. The molecule has 0 saturated carbocycles. The van der Waals surface area contributed by atoms with Crippen LogP contribution in [0.15, 0.2) is 17.0 Å². The molecule has 0 spiro atoms. The van der Waals surface area contributed by atoms with Crippen LogP contribution in [-0.2, 0) is 10.0 Å². The van der Waals surface area contributed by atoms with Crippen molar-refractivity contribution in [2.24, 2.45) is 5.14 Å². The number of aromatic carboxylic acids is 1. The summed E-state index contributed by atoms with van der Waals surface area (Å²) in [7, 11) is -4.03. The summed E-state index contributed by atoms with van der Waals surface area (Å²) in [5, 5.41) is 16.8. The Kier molecular flexibility index (Phi) is 5.16. The minimum Gasteiger partial charge on any atom is -0.478 e. The van der Waals surface area contributed by atoms with Gasteiger partial charge in [0.15, 0.2) is 0 Å². The van der Waals surface area contributed by atoms with E-state index in [4.69, 9.17) is 21.8 Å². The number of rotatable bonds is 6. The van der Waals surface area contributed by atoms with E-state index in [1.165, 1.54) is 6.07 Å². The van der Waals surface area contributed by atoms with E-state index < -0.39 is 16.0 Å². The largest absolute Gasteiger partial charge is 0.478 e. The van der Waals surface area contributed by atoms with Gasteiger partial charge in [-0.2, -0.15) is 0 Å². The van der Waals surface area contributed by atoms with Crippen LogP contribution in [0.25, 0.3) is 0 Å². The van der Waals surface area contributed by atoms with Crippen molar-refractivity contribution in [1.82, 2.24) is 0 Å². The Bertz CT molecular complexity index is 587. The van der Waals surface area contributed by atoms with Gasteiger partial charge in [-0.1, -0.05) is 24.9 Å². The summed E-state index contributed by atoms with van der Waals surface area (Å²) in [6, 6.07) is 2.23. The molecule has 0 heterocycles. The van der Waals surface area contributed by atoms with Crippen molar-refractivity contribution in [2.75, 3.05) is 11.9 Å². The summed E-state index contributed by atoms with van der Waals surface area (Å²) in [5.41, 5.74) is -0.0855. The van der Waals surface area contributed by atoms with Gasteiger partial charge >= 0.3 is 5.97 Å². The summed E-state index contributed by atoms with van der Waals surface area (Å²) in [4.78, 5) is 10.7. The fraction of sp³-hybridized carbons (Fsp3) is 0.364. The van der Waals surface area contributed by atoms with Gasteiger partial charge in [-0.25, -0.2) is 18.4 Å². The first-order valence-electron chi connectivity index (χ1n) is 5.61. The van der Waals surface area contributed by atoms with Crippen LogP contribution in [0.4, 0.5) is 5.69 Å². The first kappa shape index (κ1) is 15.7. The van der Waals surface area contributed by atoms with Crippen LogP contribution in [0.2, 0.25) is 5.02 Å². The Morgan fingerprint density at radius 1 is 1.47 bits per heavy atom. The molecule has 0 fully saturated rings. The van der Waals surface area contributed by atoms with E-state index >= 15 is 0 Å². The van der Waals surface area contributed by atoms with Crippen molar-refractivity contribution >= 4 is 33.3 Å². The zero-order valence-electron chi connectivity index (χ0n) is 10.3. The van der Waals surface area contributed by atoms with Crippen molar-refractivity contribution in [1.29, 1.82) is 0 Å². The third-order valence-electron chi connectivity index (χ3n) is 2.45. The van der Waals surface area contributed by atoms with Crippen LogP contribution in [0.1, 0.15) is 30.1 Å². The molecule has 8 heteroatoms. The van der Waals surface area contributed by atoms with Gasteiger partial charge < -0.3 is 10.4 Å². The predicted molar refractivity (Wildman–Crippen MR) is 73.2 cm³/mol. The number of primary sulfonamides is 1. The molecule has 0 unspecified atom stereocenters. The molecule has 1 rings (SSSR count). The van der Waals surface area contributed by atoms with Gasteiger partial charge in [-0.3, -0.25) is 0 Å². The standard InChI is InChI=1S/C11H15ClN2O4S/c1-2-3-4-14-9-6-8(12)7(11(15)16)5-10(9)19(13,17)18/h5-6,14H,2-4H2,1H3,(H,15,16)(H2,13,17,18). The number of carbonyl (C=O) groups is 1. The molecule has 0 saturated heterocycles. The SMILES string of the molecule is CCCCNc1cc(Cl)c(C(=O)O)cc1S(N)(=O)=O. The number of sulfonamides is 1. The average Bonchev–Trinajstić information content (AvgIpc) is 2.27. The fourth-order valence-electron chi connectivity index (χ4n) is 1.49. The van der Waals surface area contributed by atoms with Gasteiger partial charge in [0.2, 0.25) is 10.0 Å². The molecule has 19 heavy (non-hydrogen) atoms. The van der Waals surface area contributed by atoms with Gasteiger partial charge in [0.25, 0.3) is 0 Å². The Balaban J connectivity index is 3.29. The molecule has 0 atom stereocenters. The molecule has 1 aromatic rings. The molecule has 4 N–H and O–H groups in total. The number of hydrogen-bond donors (Lipinski definition) is 3. The van der Waals surface area contributed by atoms with Gasteiger partial charge in [0, 0.05) is 6.54 Å². The number of halogens is 1. The van der Waals surface area contributed by atoms with Crippen LogP contribution in [0, 0.1) is 0 Å². The normalized spacial score (nSPS) is 11.3. The highest BCUT2D eigenvalue weighted by Crippen LogP contribution is 2.28. The van der Waals surface area contributed by atoms with Crippen molar-refractivity contribution in [3.8, 4) is 0 Å². The molecule has 0 aliphatic heterocycles. The number of hydrogen-bond acceptors (Lipinski definition) is 4. The first-order chi connectivity index (χ1) is 8.77. The highest BCUT2D eigenvalue weighted by Gasteiger charge is 2.20. The summed E-state index contributed by atoms with van der Waals surface area (Å²) in [6.45, 7) is 2.53. The molecular weight excluding hydrogens is 292 g/mol. The number of nitrogens with one attached hydrogen (secondary N) is 1. The van der Waals surface area contributed by atoms with E-state index in [1.54, 1.807) is 0 Å². The van der Waals surface area contributed by atoms with Gasteiger partial charge in [0.05, 0.1) is 16.3 Å². The highest BCUT2D eigenvalue weighted by atomic mass is 35.5. The number of carboxylic acids is 1. The van der Waals surface area contributed by atoms with Gasteiger partial charge in [-0.05, 0) is 18.6 Å². The Morgan fingerprint density at radius 3 is 2.58 bits per heavy atom. The van der Waals surface area contributed by atoms with Crippen LogP contribution in [-0.4, -0.2) is 26.0 Å². The molecule has 0 bridgehead atoms. The van der Waals surface area contributed by atoms with Gasteiger partial charge in [0.1, 0.15) is 4.90 Å². The van der Waals surface area contributed by atoms with Gasteiger partial charge in [-0.15, -0.1) is 0 Å². The molecule has 0 aliphatic carbocycles. The molecule has 0 aromatic heterocycles. The smallest absolute Gasteiger partial charge is 0.337 e. The zero-order chi connectivity index (χ0) is 14.6. The number of benzene rings is 1. The lowest BCUT2D eigenvalue weighted by atomic mass is 10.2. The molecule has 1 aromatic carbocycles. The summed E-state index contributed by atoms with van der Waals surface area (Å²) in [5.74, 6) is -1.31. The molecule has 106 valence electrons. The van der Waals surface area contributed by atoms with Crippen molar-refractivity contribution < 1.29 is 18.3 Å². The van der Waals surface area contributed by atoms with E-state index in [0.29, 0.717) is 6.54 Å². The average molecular weight is 307 g/mol.